The molecule has 170 valence electrons. The maximum Gasteiger partial charge on any atom is 0.283 e. The van der Waals surface area contributed by atoms with E-state index >= 15 is 0 Å². The van der Waals surface area contributed by atoms with Gasteiger partial charge in [-0.3, -0.25) is 15.1 Å². The first-order chi connectivity index (χ1) is 16.2. The molecular weight excluding hydrogens is 447 g/mol. The average molecular weight is 471 g/mol. The summed E-state index contributed by atoms with van der Waals surface area (Å²) in [6.45, 7) is 8.20. The van der Waals surface area contributed by atoms with Gasteiger partial charge in [0.2, 0.25) is 0 Å². The Hall–Kier alpha value is -3.71. The van der Waals surface area contributed by atoms with Crippen LogP contribution >= 0.6 is 11.8 Å². The summed E-state index contributed by atoms with van der Waals surface area (Å²) in [5, 5.41) is 11.1. The minimum absolute atomic E-state index is 0.0621. The van der Waals surface area contributed by atoms with E-state index in [-0.39, 0.29) is 17.2 Å². The van der Waals surface area contributed by atoms with Gasteiger partial charge in [0, 0.05) is 22.5 Å². The number of carbonyl (C=O) groups is 1. The van der Waals surface area contributed by atoms with E-state index in [1.165, 1.54) is 29.5 Å². The molecule has 0 saturated carbocycles. The van der Waals surface area contributed by atoms with E-state index in [0.717, 1.165) is 33.8 Å². The molecule has 1 amide bonds. The van der Waals surface area contributed by atoms with Gasteiger partial charge in [0.05, 0.1) is 11.3 Å². The normalized spacial score (nSPS) is 16.7. The Bertz CT molecular complexity index is 1460. The smallest absolute Gasteiger partial charge is 0.283 e. The topological polar surface area (TPSA) is 61.5 Å². The fourth-order valence-corrected chi connectivity index (χ4v) is 5.24. The van der Waals surface area contributed by atoms with Gasteiger partial charge in [-0.15, -0.1) is 0 Å². The predicted octanol–water partition coefficient (Wildman–Crippen LogP) is 6.15. The third-order valence-corrected chi connectivity index (χ3v) is 6.96. The SMILES string of the molecule is Cc1ccc(C)c(-n2c(C)cc(/C=C3\C(=N)N4C(c5ccc(F)cc5)=CSC4=NC3=O)c2C)c1. The molecular formula is C27H23FN4OS. The Morgan fingerprint density at radius 2 is 1.76 bits per heavy atom. The maximum absolute atomic E-state index is 13.4. The molecule has 0 bridgehead atoms. The minimum Gasteiger partial charge on any atom is -0.318 e. The van der Waals surface area contributed by atoms with Gasteiger partial charge in [-0.05, 0) is 92.4 Å². The van der Waals surface area contributed by atoms with Gasteiger partial charge in [0.1, 0.15) is 11.7 Å². The molecule has 1 aromatic heterocycles. The van der Waals surface area contributed by atoms with Crippen LogP contribution in [-0.2, 0) is 4.79 Å². The van der Waals surface area contributed by atoms with E-state index in [9.17, 15) is 9.18 Å². The van der Waals surface area contributed by atoms with Crippen LogP contribution in [0.3, 0.4) is 0 Å². The van der Waals surface area contributed by atoms with E-state index in [2.05, 4.69) is 41.6 Å². The summed E-state index contributed by atoms with van der Waals surface area (Å²) >= 11 is 1.29. The highest BCUT2D eigenvalue weighted by molar-refractivity contribution is 8.17. The van der Waals surface area contributed by atoms with Gasteiger partial charge < -0.3 is 4.57 Å². The number of rotatable bonds is 3. The van der Waals surface area contributed by atoms with Crippen LogP contribution in [0.5, 0.6) is 0 Å². The number of fused-ring (bicyclic) bond motifs is 1. The number of amidine groups is 2. The number of amides is 1. The Kier molecular flexibility index (Phi) is 5.37. The first-order valence-electron chi connectivity index (χ1n) is 10.9. The molecule has 0 fully saturated rings. The van der Waals surface area contributed by atoms with E-state index < -0.39 is 5.91 Å². The van der Waals surface area contributed by atoms with E-state index in [4.69, 9.17) is 5.41 Å². The second kappa shape index (κ2) is 8.25. The van der Waals surface area contributed by atoms with Crippen LogP contribution in [0.1, 0.15) is 33.6 Å². The van der Waals surface area contributed by atoms with Gasteiger partial charge in [-0.1, -0.05) is 23.9 Å². The summed E-state index contributed by atoms with van der Waals surface area (Å²) in [6, 6.07) is 14.5. The summed E-state index contributed by atoms with van der Waals surface area (Å²) in [4.78, 5) is 18.8. The number of aryl methyl sites for hydroxylation is 3. The molecule has 3 heterocycles. The molecule has 5 nitrogen and oxygen atoms in total. The number of hydrogen-bond donors (Lipinski definition) is 1. The number of thioether (sulfide) groups is 1. The number of aromatic nitrogens is 1. The zero-order valence-corrected chi connectivity index (χ0v) is 20.1. The largest absolute Gasteiger partial charge is 0.318 e. The first kappa shape index (κ1) is 22.1. The number of aliphatic imine (C=N–C) groups is 1. The number of hydrogen-bond acceptors (Lipinski definition) is 3. The number of nitrogens with zero attached hydrogens (tertiary/aromatic N) is 3. The highest BCUT2D eigenvalue weighted by Crippen LogP contribution is 2.37. The molecule has 1 N–H and O–H groups in total. The molecule has 0 aliphatic carbocycles. The lowest BCUT2D eigenvalue weighted by Crippen LogP contribution is -2.38. The van der Waals surface area contributed by atoms with Crippen LogP contribution in [0.15, 0.2) is 64.5 Å². The molecule has 0 unspecified atom stereocenters. The van der Waals surface area contributed by atoms with Crippen LogP contribution in [-0.4, -0.2) is 26.4 Å². The van der Waals surface area contributed by atoms with Gasteiger partial charge in [-0.2, -0.15) is 4.99 Å². The van der Waals surface area contributed by atoms with Crippen molar-refractivity contribution in [3.05, 3.63) is 99.0 Å². The van der Waals surface area contributed by atoms with E-state index in [0.29, 0.717) is 10.9 Å². The van der Waals surface area contributed by atoms with Crippen LogP contribution in [0.2, 0.25) is 0 Å². The van der Waals surface area contributed by atoms with Crippen LogP contribution in [0.4, 0.5) is 4.39 Å². The Morgan fingerprint density at radius 1 is 1.03 bits per heavy atom. The molecule has 7 heteroatoms. The fourth-order valence-electron chi connectivity index (χ4n) is 4.35. The summed E-state index contributed by atoms with van der Waals surface area (Å²) in [7, 11) is 0. The van der Waals surface area contributed by atoms with Gasteiger partial charge in [0.15, 0.2) is 5.17 Å². The lowest BCUT2D eigenvalue weighted by atomic mass is 10.1. The molecule has 0 atom stereocenters. The Morgan fingerprint density at radius 3 is 2.50 bits per heavy atom. The lowest BCUT2D eigenvalue weighted by molar-refractivity contribution is -0.114. The predicted molar refractivity (Wildman–Crippen MR) is 137 cm³/mol. The quantitative estimate of drug-likeness (QED) is 0.467. The number of benzene rings is 2. The number of halogens is 1. The van der Waals surface area contributed by atoms with Crippen molar-refractivity contribution in [2.24, 2.45) is 4.99 Å². The van der Waals surface area contributed by atoms with Crippen molar-refractivity contribution in [1.82, 2.24) is 9.47 Å². The van der Waals surface area contributed by atoms with Crippen molar-refractivity contribution >= 4 is 40.4 Å². The van der Waals surface area contributed by atoms with Crippen LogP contribution in [0.25, 0.3) is 17.5 Å². The second-order valence-corrected chi connectivity index (χ2v) is 9.36. The van der Waals surface area contributed by atoms with E-state index in [1.54, 1.807) is 23.1 Å². The average Bonchev–Trinajstić information content (AvgIpc) is 3.34. The minimum atomic E-state index is -0.436. The first-order valence-corrected chi connectivity index (χ1v) is 11.8. The monoisotopic (exact) mass is 470 g/mol. The Balaban J connectivity index is 1.56. The Labute approximate surface area is 201 Å². The van der Waals surface area contributed by atoms with Crippen molar-refractivity contribution in [2.75, 3.05) is 0 Å². The molecule has 2 aliphatic heterocycles. The lowest BCUT2D eigenvalue weighted by Gasteiger charge is -2.27. The second-order valence-electron chi connectivity index (χ2n) is 8.52. The highest BCUT2D eigenvalue weighted by atomic mass is 32.2. The summed E-state index contributed by atoms with van der Waals surface area (Å²) in [5.74, 6) is -0.700. The molecule has 2 aliphatic rings. The van der Waals surface area contributed by atoms with Gasteiger partial charge in [0.25, 0.3) is 5.91 Å². The van der Waals surface area contributed by atoms with Crippen molar-refractivity contribution in [1.29, 1.82) is 5.41 Å². The maximum atomic E-state index is 13.4. The molecule has 3 aromatic rings. The highest BCUT2D eigenvalue weighted by Gasteiger charge is 2.36. The van der Waals surface area contributed by atoms with Gasteiger partial charge in [-0.25, -0.2) is 4.39 Å². The number of nitrogens with one attached hydrogen (secondary N) is 1. The zero-order valence-electron chi connectivity index (χ0n) is 19.3. The zero-order chi connectivity index (χ0) is 24.1. The third kappa shape index (κ3) is 3.62. The van der Waals surface area contributed by atoms with Crippen molar-refractivity contribution < 1.29 is 9.18 Å². The molecule has 5 rings (SSSR count). The van der Waals surface area contributed by atoms with Gasteiger partial charge >= 0.3 is 0 Å². The molecule has 2 aromatic carbocycles. The van der Waals surface area contributed by atoms with Crippen molar-refractivity contribution in [3.63, 3.8) is 0 Å². The molecule has 0 radical (unpaired) electrons. The number of carbonyl (C=O) groups excluding carboxylic acids is 1. The summed E-state index contributed by atoms with van der Waals surface area (Å²) in [6.07, 6.45) is 1.75. The van der Waals surface area contributed by atoms with Crippen LogP contribution < -0.4 is 0 Å². The molecule has 0 saturated heterocycles. The fraction of sp³-hybridized carbons (Fsp3) is 0.148. The summed E-state index contributed by atoms with van der Waals surface area (Å²) < 4.78 is 15.6. The molecule has 0 spiro atoms. The third-order valence-electron chi connectivity index (χ3n) is 6.13. The van der Waals surface area contributed by atoms with Crippen molar-refractivity contribution in [2.45, 2.75) is 27.7 Å². The summed E-state index contributed by atoms with van der Waals surface area (Å²) in [5.41, 5.74) is 8.00. The molecule has 34 heavy (non-hydrogen) atoms. The standard InChI is InChI=1S/C27H23FN4OS/c1-15-5-6-16(2)23(11-15)31-17(3)12-20(18(31)4)13-22-25(29)32-24(14-34-27(32)30-26(22)33)19-7-9-21(28)10-8-19/h5-14,29H,1-4H3/b22-13+,29-25?. The van der Waals surface area contributed by atoms with Crippen molar-refractivity contribution in [3.8, 4) is 5.69 Å². The van der Waals surface area contributed by atoms with E-state index in [1.807, 2.05) is 25.3 Å². The van der Waals surface area contributed by atoms with Crippen LogP contribution in [0, 0.1) is 38.9 Å².